The number of nitrogens with zero attached hydrogens (tertiary/aromatic N) is 3. The van der Waals surface area contributed by atoms with Gasteiger partial charge in [0.25, 0.3) is 11.5 Å². The molecule has 2 fully saturated rings. The van der Waals surface area contributed by atoms with Gasteiger partial charge in [-0.3, -0.25) is 14.7 Å². The molecule has 1 saturated heterocycles. The minimum atomic E-state index is -0.208. The molecular weight excluding hydrogens is 376 g/mol. The quantitative estimate of drug-likeness (QED) is 0.708. The van der Waals surface area contributed by atoms with Crippen molar-refractivity contribution in [1.29, 1.82) is 0 Å². The maximum Gasteiger partial charge on any atom is 0.273 e. The van der Waals surface area contributed by atoms with Crippen molar-refractivity contribution in [3.8, 4) is 11.3 Å². The van der Waals surface area contributed by atoms with Crippen LogP contribution in [0.3, 0.4) is 0 Å². The van der Waals surface area contributed by atoms with Gasteiger partial charge < -0.3 is 4.90 Å². The van der Waals surface area contributed by atoms with Crippen molar-refractivity contribution in [2.24, 2.45) is 5.92 Å². The Hall–Kier alpha value is -2.89. The van der Waals surface area contributed by atoms with Crippen LogP contribution in [0.1, 0.15) is 67.3 Å². The van der Waals surface area contributed by atoms with E-state index in [0.29, 0.717) is 28.7 Å². The van der Waals surface area contributed by atoms with Crippen LogP contribution in [-0.2, 0) is 0 Å². The number of H-pyrrole nitrogens is 1. The number of fused-ring (bicyclic) bond motifs is 1. The minimum Gasteiger partial charge on any atom is -0.338 e. The normalized spacial score (nSPS) is 18.0. The van der Waals surface area contributed by atoms with Gasteiger partial charge in [0.2, 0.25) is 0 Å². The number of nitrogens with one attached hydrogen (secondary N) is 1. The molecule has 1 aliphatic carbocycles. The molecule has 0 unspecified atom stereocenters. The number of likely N-dealkylation sites (tertiary alicyclic amines) is 1. The Bertz CT molecular complexity index is 1120. The van der Waals surface area contributed by atoms with Gasteiger partial charge in [0, 0.05) is 30.9 Å². The van der Waals surface area contributed by atoms with E-state index >= 15 is 0 Å². The van der Waals surface area contributed by atoms with Crippen LogP contribution >= 0.6 is 0 Å². The Kier molecular flexibility index (Phi) is 4.93. The third-order valence-electron chi connectivity index (χ3n) is 6.83. The second kappa shape index (κ2) is 7.74. The highest BCUT2D eigenvalue weighted by atomic mass is 16.2. The standard InChI is InChI=1S/C24H28N4O2/c1-2-16-14-27(15-16)24(30)20-13-25-28-22(29)12-21(26-23(20)28)19-10-8-18(9-11-19)17-6-4-3-5-7-17/h8-13,16-17,25H,2-7,14-15H2,1H3. The first-order valence-corrected chi connectivity index (χ1v) is 11.1. The van der Waals surface area contributed by atoms with Crippen LogP contribution in [0, 0.1) is 5.92 Å². The van der Waals surface area contributed by atoms with Gasteiger partial charge in [0.1, 0.15) is 5.56 Å². The number of carbonyl (C=O) groups is 1. The molecular formula is C24H28N4O2. The lowest BCUT2D eigenvalue weighted by atomic mass is 9.84. The molecule has 2 aromatic heterocycles. The van der Waals surface area contributed by atoms with Gasteiger partial charge in [-0.25, -0.2) is 9.50 Å². The molecule has 6 heteroatoms. The number of hydrogen-bond donors (Lipinski definition) is 1. The Labute approximate surface area is 175 Å². The van der Waals surface area contributed by atoms with E-state index in [0.717, 1.165) is 25.1 Å². The second-order valence-corrected chi connectivity index (χ2v) is 8.77. The van der Waals surface area contributed by atoms with E-state index in [4.69, 9.17) is 4.98 Å². The fourth-order valence-corrected chi connectivity index (χ4v) is 4.81. The molecule has 2 aliphatic rings. The fourth-order valence-electron chi connectivity index (χ4n) is 4.81. The maximum atomic E-state index is 12.9. The summed E-state index contributed by atoms with van der Waals surface area (Å²) in [6.07, 6.45) is 9.15. The number of hydrogen-bond acceptors (Lipinski definition) is 3. The molecule has 1 N–H and O–H groups in total. The summed E-state index contributed by atoms with van der Waals surface area (Å²) in [7, 11) is 0. The third-order valence-corrected chi connectivity index (χ3v) is 6.83. The lowest BCUT2D eigenvalue weighted by molar-refractivity contribution is 0.0496. The van der Waals surface area contributed by atoms with Crippen LogP contribution in [0.25, 0.3) is 16.9 Å². The van der Waals surface area contributed by atoms with E-state index < -0.39 is 0 Å². The molecule has 1 amide bonds. The molecule has 1 saturated carbocycles. The molecule has 156 valence electrons. The highest BCUT2D eigenvalue weighted by molar-refractivity contribution is 6.00. The Morgan fingerprint density at radius 3 is 2.57 bits per heavy atom. The van der Waals surface area contributed by atoms with Gasteiger partial charge in [-0.2, -0.15) is 0 Å². The molecule has 3 aromatic rings. The van der Waals surface area contributed by atoms with Crippen molar-refractivity contribution in [1.82, 2.24) is 19.5 Å². The van der Waals surface area contributed by atoms with Crippen molar-refractivity contribution in [3.05, 3.63) is 58.0 Å². The first-order chi connectivity index (χ1) is 14.6. The number of carbonyl (C=O) groups excluding carboxylic acids is 1. The average molecular weight is 405 g/mol. The van der Waals surface area contributed by atoms with E-state index in [9.17, 15) is 9.59 Å². The zero-order valence-corrected chi connectivity index (χ0v) is 17.4. The Morgan fingerprint density at radius 1 is 1.13 bits per heavy atom. The van der Waals surface area contributed by atoms with Crippen molar-refractivity contribution >= 4 is 11.6 Å². The summed E-state index contributed by atoms with van der Waals surface area (Å²) in [4.78, 5) is 32.1. The molecule has 30 heavy (non-hydrogen) atoms. The molecule has 1 aliphatic heterocycles. The lowest BCUT2D eigenvalue weighted by Gasteiger charge is -2.38. The number of aromatic nitrogens is 3. The van der Waals surface area contributed by atoms with Crippen molar-refractivity contribution in [2.45, 2.75) is 51.4 Å². The van der Waals surface area contributed by atoms with E-state index in [1.807, 2.05) is 4.90 Å². The molecule has 1 aromatic carbocycles. The molecule has 0 spiro atoms. The van der Waals surface area contributed by atoms with Crippen molar-refractivity contribution in [2.75, 3.05) is 13.1 Å². The number of rotatable bonds is 4. The third kappa shape index (κ3) is 3.34. The fraction of sp³-hybridized carbons (Fsp3) is 0.458. The highest BCUT2D eigenvalue weighted by Crippen LogP contribution is 2.33. The van der Waals surface area contributed by atoms with Crippen LogP contribution < -0.4 is 5.56 Å². The lowest BCUT2D eigenvalue weighted by Crippen LogP contribution is -2.49. The Balaban J connectivity index is 1.45. The molecule has 6 nitrogen and oxygen atoms in total. The predicted molar refractivity (Wildman–Crippen MR) is 117 cm³/mol. The van der Waals surface area contributed by atoms with Gasteiger partial charge in [-0.15, -0.1) is 0 Å². The number of aromatic amines is 1. The molecule has 0 bridgehead atoms. The summed E-state index contributed by atoms with van der Waals surface area (Å²) < 4.78 is 1.35. The summed E-state index contributed by atoms with van der Waals surface area (Å²) in [5.74, 6) is 1.16. The van der Waals surface area contributed by atoms with Gasteiger partial charge in [-0.05, 0) is 36.7 Å². The number of benzene rings is 1. The largest absolute Gasteiger partial charge is 0.338 e. The SMILES string of the molecule is CCC1CN(C(=O)c2c[nH]n3c(=O)cc(-c4ccc(C5CCCCC5)cc4)nc23)C1. The van der Waals surface area contributed by atoms with Crippen LogP contribution in [0.15, 0.2) is 41.3 Å². The predicted octanol–water partition coefficient (Wildman–Crippen LogP) is 4.22. The first-order valence-electron chi connectivity index (χ1n) is 11.1. The van der Waals surface area contributed by atoms with Crippen LogP contribution in [0.5, 0.6) is 0 Å². The first kappa shape index (κ1) is 19.1. The Morgan fingerprint density at radius 2 is 1.87 bits per heavy atom. The highest BCUT2D eigenvalue weighted by Gasteiger charge is 2.31. The van der Waals surface area contributed by atoms with Crippen LogP contribution in [-0.4, -0.2) is 38.5 Å². The zero-order valence-electron chi connectivity index (χ0n) is 17.4. The minimum absolute atomic E-state index is 0.0600. The van der Waals surface area contributed by atoms with Crippen LogP contribution in [0.2, 0.25) is 0 Å². The van der Waals surface area contributed by atoms with E-state index in [1.165, 1.54) is 48.2 Å². The summed E-state index contributed by atoms with van der Waals surface area (Å²) in [6, 6.07) is 9.98. The zero-order chi connectivity index (χ0) is 20.7. The van der Waals surface area contributed by atoms with Gasteiger partial charge in [0.05, 0.1) is 5.69 Å². The maximum absolute atomic E-state index is 12.9. The smallest absolute Gasteiger partial charge is 0.273 e. The van der Waals surface area contributed by atoms with Crippen molar-refractivity contribution < 1.29 is 4.79 Å². The monoisotopic (exact) mass is 404 g/mol. The van der Waals surface area contributed by atoms with E-state index in [-0.39, 0.29) is 11.5 Å². The molecule has 5 rings (SSSR count). The summed E-state index contributed by atoms with van der Waals surface area (Å²) in [5.41, 5.74) is 3.54. The molecule has 0 atom stereocenters. The van der Waals surface area contributed by atoms with Gasteiger partial charge in [0.15, 0.2) is 5.65 Å². The van der Waals surface area contributed by atoms with Gasteiger partial charge in [-0.1, -0.05) is 50.5 Å². The van der Waals surface area contributed by atoms with Crippen LogP contribution in [0.4, 0.5) is 0 Å². The second-order valence-electron chi connectivity index (χ2n) is 8.77. The number of amides is 1. The summed E-state index contributed by atoms with van der Waals surface area (Å²) in [5, 5.41) is 2.89. The molecule has 0 radical (unpaired) electrons. The molecule has 3 heterocycles. The van der Waals surface area contributed by atoms with E-state index in [1.54, 1.807) is 6.20 Å². The summed E-state index contributed by atoms with van der Waals surface area (Å²) in [6.45, 7) is 3.70. The average Bonchev–Trinajstić information content (AvgIpc) is 3.18. The summed E-state index contributed by atoms with van der Waals surface area (Å²) >= 11 is 0. The van der Waals surface area contributed by atoms with Gasteiger partial charge >= 0.3 is 0 Å². The topological polar surface area (TPSA) is 70.5 Å². The van der Waals surface area contributed by atoms with Crippen molar-refractivity contribution in [3.63, 3.8) is 0 Å². The van der Waals surface area contributed by atoms with E-state index in [2.05, 4.69) is 36.3 Å².